The van der Waals surface area contributed by atoms with Crippen molar-refractivity contribution in [2.75, 3.05) is 5.32 Å². The molecule has 130 valence electrons. The molecule has 2 aromatic heterocycles. The summed E-state index contributed by atoms with van der Waals surface area (Å²) in [5.41, 5.74) is 2.89. The summed E-state index contributed by atoms with van der Waals surface area (Å²) in [6, 6.07) is 8.07. The highest BCUT2D eigenvalue weighted by Crippen LogP contribution is 2.15. The largest absolute Gasteiger partial charge is 0.305 e. The van der Waals surface area contributed by atoms with Crippen LogP contribution in [0.25, 0.3) is 0 Å². The Morgan fingerprint density at radius 1 is 1.24 bits per heavy atom. The summed E-state index contributed by atoms with van der Waals surface area (Å²) < 4.78 is 16.7. The number of aryl methyl sites for hydroxylation is 2. The molecule has 0 aliphatic heterocycles. The number of hydrogen-bond donors (Lipinski definition) is 1. The molecule has 1 aromatic carbocycles. The zero-order chi connectivity index (χ0) is 18.0. The van der Waals surface area contributed by atoms with Crippen molar-refractivity contribution < 1.29 is 9.18 Å². The number of benzene rings is 1. The molecule has 0 unspecified atom stereocenters. The molecule has 0 saturated carbocycles. The van der Waals surface area contributed by atoms with Crippen molar-refractivity contribution in [2.24, 2.45) is 0 Å². The fourth-order valence-corrected chi connectivity index (χ4v) is 2.85. The Morgan fingerprint density at radius 2 is 2.04 bits per heavy atom. The molecule has 1 N–H and O–H groups in total. The van der Waals surface area contributed by atoms with Gasteiger partial charge in [-0.05, 0) is 38.5 Å². The van der Waals surface area contributed by atoms with Gasteiger partial charge in [0.2, 0.25) is 0 Å². The topological polar surface area (TPSA) is 64.7 Å². The molecule has 0 aliphatic rings. The lowest BCUT2D eigenvalue weighted by Gasteiger charge is -2.04. The number of carbonyl (C=O) groups excluding carboxylic acids is 1. The van der Waals surface area contributed by atoms with Crippen LogP contribution >= 0.6 is 0 Å². The molecule has 0 atom stereocenters. The van der Waals surface area contributed by atoms with E-state index in [4.69, 9.17) is 0 Å². The number of hydrogen-bond acceptors (Lipinski definition) is 3. The first kappa shape index (κ1) is 16.9. The average molecular weight is 341 g/mol. The summed E-state index contributed by atoms with van der Waals surface area (Å²) in [5, 5.41) is 11.5. The van der Waals surface area contributed by atoms with E-state index in [0.29, 0.717) is 30.2 Å². The summed E-state index contributed by atoms with van der Waals surface area (Å²) in [5.74, 6) is -0.0628. The molecule has 0 aliphatic carbocycles. The molecule has 0 radical (unpaired) electrons. The van der Waals surface area contributed by atoms with Gasteiger partial charge >= 0.3 is 0 Å². The molecule has 0 fully saturated rings. The van der Waals surface area contributed by atoms with Gasteiger partial charge in [-0.2, -0.15) is 10.2 Å². The standard InChI is InChI=1S/C18H20FN5O/c1-4-24-13(3)17(12(2)21-24)18(25)20-16-8-9-23(22-16)11-14-6-5-7-15(19)10-14/h5-10H,4,11H2,1-3H3,(H,20,22,25). The Labute approximate surface area is 145 Å². The predicted octanol–water partition coefficient (Wildman–Crippen LogP) is 3.16. The predicted molar refractivity (Wildman–Crippen MR) is 93.1 cm³/mol. The minimum atomic E-state index is -0.280. The molecule has 1 amide bonds. The van der Waals surface area contributed by atoms with Crippen molar-refractivity contribution in [1.82, 2.24) is 19.6 Å². The van der Waals surface area contributed by atoms with E-state index < -0.39 is 0 Å². The summed E-state index contributed by atoms with van der Waals surface area (Å²) in [7, 11) is 0. The van der Waals surface area contributed by atoms with Crippen molar-refractivity contribution in [3.05, 3.63) is 64.9 Å². The van der Waals surface area contributed by atoms with Gasteiger partial charge in [-0.1, -0.05) is 12.1 Å². The highest BCUT2D eigenvalue weighted by Gasteiger charge is 2.18. The van der Waals surface area contributed by atoms with Crippen molar-refractivity contribution in [3.63, 3.8) is 0 Å². The van der Waals surface area contributed by atoms with Gasteiger partial charge in [0, 0.05) is 24.5 Å². The zero-order valence-electron chi connectivity index (χ0n) is 14.5. The van der Waals surface area contributed by atoms with E-state index in [1.807, 2.05) is 26.8 Å². The van der Waals surface area contributed by atoms with Crippen molar-refractivity contribution >= 4 is 11.7 Å². The van der Waals surface area contributed by atoms with Crippen molar-refractivity contribution in [2.45, 2.75) is 33.9 Å². The summed E-state index contributed by atoms with van der Waals surface area (Å²) in [6.07, 6.45) is 1.75. The minimum absolute atomic E-state index is 0.231. The number of anilines is 1. The average Bonchev–Trinajstić information content (AvgIpc) is 3.11. The quantitative estimate of drug-likeness (QED) is 0.775. The van der Waals surface area contributed by atoms with Gasteiger partial charge in [-0.3, -0.25) is 14.2 Å². The highest BCUT2D eigenvalue weighted by molar-refractivity contribution is 6.05. The lowest BCUT2D eigenvalue weighted by atomic mass is 10.2. The van der Waals surface area contributed by atoms with Crippen molar-refractivity contribution in [1.29, 1.82) is 0 Å². The van der Waals surface area contributed by atoms with E-state index in [-0.39, 0.29) is 11.7 Å². The maximum atomic E-state index is 13.2. The van der Waals surface area contributed by atoms with Gasteiger partial charge in [0.1, 0.15) is 5.82 Å². The van der Waals surface area contributed by atoms with Crippen LogP contribution in [0.4, 0.5) is 10.2 Å². The number of carbonyl (C=O) groups is 1. The normalized spacial score (nSPS) is 10.9. The fraction of sp³-hybridized carbons (Fsp3) is 0.278. The number of nitrogens with zero attached hydrogens (tertiary/aromatic N) is 4. The summed E-state index contributed by atoms with van der Waals surface area (Å²) in [4.78, 5) is 12.5. The molecule has 7 heteroatoms. The fourth-order valence-electron chi connectivity index (χ4n) is 2.85. The number of aromatic nitrogens is 4. The molecule has 0 bridgehead atoms. The van der Waals surface area contributed by atoms with Crippen LogP contribution in [0.2, 0.25) is 0 Å². The van der Waals surface area contributed by atoms with Crippen LogP contribution in [0, 0.1) is 19.7 Å². The highest BCUT2D eigenvalue weighted by atomic mass is 19.1. The van der Waals surface area contributed by atoms with Gasteiger partial charge in [-0.25, -0.2) is 4.39 Å². The van der Waals surface area contributed by atoms with E-state index in [2.05, 4.69) is 15.5 Å². The SMILES string of the molecule is CCn1nc(C)c(C(=O)Nc2ccn(Cc3cccc(F)c3)n2)c1C. The Kier molecular flexibility index (Phi) is 4.65. The third kappa shape index (κ3) is 3.60. The maximum absolute atomic E-state index is 13.2. The lowest BCUT2D eigenvalue weighted by molar-refractivity contribution is 0.102. The molecule has 0 spiro atoms. The molecule has 0 saturated heterocycles. The third-order valence-electron chi connectivity index (χ3n) is 4.02. The molecule has 3 rings (SSSR count). The molecule has 25 heavy (non-hydrogen) atoms. The van der Waals surface area contributed by atoms with E-state index in [1.165, 1.54) is 12.1 Å². The Morgan fingerprint density at radius 3 is 2.72 bits per heavy atom. The second kappa shape index (κ2) is 6.88. The van der Waals surface area contributed by atoms with Gasteiger partial charge in [-0.15, -0.1) is 0 Å². The summed E-state index contributed by atoms with van der Waals surface area (Å²) in [6.45, 7) is 6.81. The first-order valence-electron chi connectivity index (χ1n) is 8.11. The minimum Gasteiger partial charge on any atom is -0.305 e. The van der Waals surface area contributed by atoms with E-state index in [9.17, 15) is 9.18 Å². The summed E-state index contributed by atoms with van der Waals surface area (Å²) >= 11 is 0. The molecular formula is C18H20FN5O. The van der Waals surface area contributed by atoms with Crippen LogP contribution in [0.15, 0.2) is 36.5 Å². The Balaban J connectivity index is 1.73. The molecule has 2 heterocycles. The Hall–Kier alpha value is -2.96. The molecular weight excluding hydrogens is 321 g/mol. The van der Waals surface area contributed by atoms with E-state index >= 15 is 0 Å². The van der Waals surface area contributed by atoms with Crippen LogP contribution in [0.1, 0.15) is 34.2 Å². The van der Waals surface area contributed by atoms with Crippen LogP contribution in [0.3, 0.4) is 0 Å². The monoisotopic (exact) mass is 341 g/mol. The smallest absolute Gasteiger partial charge is 0.260 e. The molecule has 6 nitrogen and oxygen atoms in total. The number of rotatable bonds is 5. The van der Waals surface area contributed by atoms with E-state index in [1.54, 1.807) is 27.7 Å². The van der Waals surface area contributed by atoms with Crippen molar-refractivity contribution in [3.8, 4) is 0 Å². The number of halogens is 1. The van der Waals surface area contributed by atoms with Gasteiger partial charge in [0.15, 0.2) is 5.82 Å². The van der Waals surface area contributed by atoms with Gasteiger partial charge < -0.3 is 5.32 Å². The zero-order valence-corrected chi connectivity index (χ0v) is 14.5. The molecule has 3 aromatic rings. The number of nitrogens with one attached hydrogen (secondary N) is 1. The first-order valence-corrected chi connectivity index (χ1v) is 8.11. The van der Waals surface area contributed by atoms with Crippen LogP contribution in [0.5, 0.6) is 0 Å². The van der Waals surface area contributed by atoms with Crippen LogP contribution < -0.4 is 5.32 Å². The van der Waals surface area contributed by atoms with Gasteiger partial charge in [0.25, 0.3) is 5.91 Å². The maximum Gasteiger partial charge on any atom is 0.260 e. The van der Waals surface area contributed by atoms with Crippen LogP contribution in [-0.2, 0) is 13.1 Å². The Bertz CT molecular complexity index is 912. The lowest BCUT2D eigenvalue weighted by Crippen LogP contribution is -2.15. The van der Waals surface area contributed by atoms with Gasteiger partial charge in [0.05, 0.1) is 17.8 Å². The van der Waals surface area contributed by atoms with E-state index in [0.717, 1.165) is 11.3 Å². The second-order valence-electron chi connectivity index (χ2n) is 5.84. The first-order chi connectivity index (χ1) is 12.0. The van der Waals surface area contributed by atoms with Crippen LogP contribution in [-0.4, -0.2) is 25.5 Å². The second-order valence-corrected chi connectivity index (χ2v) is 5.84. The number of amides is 1. The third-order valence-corrected chi connectivity index (χ3v) is 4.02.